The Hall–Kier alpha value is -2.68. The molecular weight excluding hydrogens is 361 g/mol. The molecule has 1 aromatic carbocycles. The number of halogens is 3. The molecule has 1 aliphatic rings. The van der Waals surface area contributed by atoms with E-state index in [1.807, 2.05) is 0 Å². The molecule has 1 unspecified atom stereocenters. The molecule has 0 spiro atoms. The van der Waals surface area contributed by atoms with Crippen LogP contribution in [0.1, 0.15) is 34.6 Å². The van der Waals surface area contributed by atoms with Gasteiger partial charge in [0.25, 0.3) is 5.91 Å². The maximum absolute atomic E-state index is 12.6. The van der Waals surface area contributed by atoms with Crippen molar-refractivity contribution in [2.24, 2.45) is 0 Å². The summed E-state index contributed by atoms with van der Waals surface area (Å²) in [5, 5.41) is 5.60. The molecule has 1 fully saturated rings. The molecule has 1 saturated heterocycles. The van der Waals surface area contributed by atoms with Crippen LogP contribution in [0.3, 0.4) is 0 Å². The SMILES string of the molecule is Cc1cc(C(=O)Nc2ccc(C(F)(F)F)cc2)nc(NCC2CCCO2)n1. The molecule has 1 aliphatic heterocycles. The van der Waals surface area contributed by atoms with Crippen molar-refractivity contribution < 1.29 is 22.7 Å². The van der Waals surface area contributed by atoms with Gasteiger partial charge in [0.1, 0.15) is 5.69 Å². The van der Waals surface area contributed by atoms with Crippen LogP contribution < -0.4 is 10.6 Å². The topological polar surface area (TPSA) is 76.1 Å². The Kier molecular flexibility index (Phi) is 5.59. The van der Waals surface area contributed by atoms with Gasteiger partial charge in [0.2, 0.25) is 5.95 Å². The number of nitrogens with one attached hydrogen (secondary N) is 2. The third-order valence-electron chi connectivity index (χ3n) is 4.07. The Bertz CT molecular complexity index is 803. The fourth-order valence-electron chi connectivity index (χ4n) is 2.71. The largest absolute Gasteiger partial charge is 0.416 e. The monoisotopic (exact) mass is 380 g/mol. The standard InChI is InChI=1S/C18H19F3N4O2/c1-11-9-15(25-17(23-11)22-10-14-3-2-8-27-14)16(26)24-13-6-4-12(5-7-13)18(19,20)21/h4-7,9,14H,2-3,8,10H2,1H3,(H,24,26)(H,22,23,25). The van der Waals surface area contributed by atoms with Crippen LogP contribution in [0.5, 0.6) is 0 Å². The van der Waals surface area contributed by atoms with Gasteiger partial charge >= 0.3 is 6.18 Å². The number of amides is 1. The van der Waals surface area contributed by atoms with Crippen LogP contribution in [0.4, 0.5) is 24.8 Å². The van der Waals surface area contributed by atoms with E-state index in [1.165, 1.54) is 18.2 Å². The van der Waals surface area contributed by atoms with E-state index in [0.717, 1.165) is 31.6 Å². The van der Waals surface area contributed by atoms with Crippen LogP contribution in [0.2, 0.25) is 0 Å². The van der Waals surface area contributed by atoms with Crippen LogP contribution in [-0.2, 0) is 10.9 Å². The Morgan fingerprint density at radius 3 is 2.63 bits per heavy atom. The van der Waals surface area contributed by atoms with Crippen molar-refractivity contribution in [1.82, 2.24) is 9.97 Å². The molecule has 6 nitrogen and oxygen atoms in total. The molecular formula is C18H19F3N4O2. The molecule has 1 aromatic heterocycles. The van der Waals surface area contributed by atoms with Gasteiger partial charge in [-0.2, -0.15) is 13.2 Å². The number of benzene rings is 1. The average molecular weight is 380 g/mol. The van der Waals surface area contributed by atoms with E-state index in [2.05, 4.69) is 20.6 Å². The summed E-state index contributed by atoms with van der Waals surface area (Å²) >= 11 is 0. The van der Waals surface area contributed by atoms with E-state index >= 15 is 0 Å². The molecule has 3 rings (SSSR count). The third kappa shape index (κ3) is 5.16. The third-order valence-corrected chi connectivity index (χ3v) is 4.07. The lowest BCUT2D eigenvalue weighted by Gasteiger charge is -2.12. The Labute approximate surface area is 154 Å². The fraction of sp³-hybridized carbons (Fsp3) is 0.389. The maximum Gasteiger partial charge on any atom is 0.416 e. The molecule has 0 radical (unpaired) electrons. The molecule has 2 aromatic rings. The quantitative estimate of drug-likeness (QED) is 0.828. The highest BCUT2D eigenvalue weighted by Crippen LogP contribution is 2.29. The van der Waals surface area contributed by atoms with Crippen LogP contribution in [0.25, 0.3) is 0 Å². The lowest BCUT2D eigenvalue weighted by Crippen LogP contribution is -2.21. The number of carbonyl (C=O) groups is 1. The highest BCUT2D eigenvalue weighted by molar-refractivity contribution is 6.03. The van der Waals surface area contributed by atoms with Gasteiger partial charge in [-0.3, -0.25) is 4.79 Å². The Morgan fingerprint density at radius 2 is 2.00 bits per heavy atom. The Balaban J connectivity index is 1.66. The van der Waals surface area contributed by atoms with Crippen molar-refractivity contribution in [1.29, 1.82) is 0 Å². The number of hydrogen-bond donors (Lipinski definition) is 2. The molecule has 27 heavy (non-hydrogen) atoms. The summed E-state index contributed by atoms with van der Waals surface area (Å²) in [4.78, 5) is 20.8. The molecule has 0 aliphatic carbocycles. The predicted octanol–water partition coefficient (Wildman–Crippen LogP) is 3.65. The first-order valence-electron chi connectivity index (χ1n) is 8.51. The van der Waals surface area contributed by atoms with Gasteiger partial charge in [0, 0.05) is 24.5 Å². The second-order valence-electron chi connectivity index (χ2n) is 6.26. The summed E-state index contributed by atoms with van der Waals surface area (Å²) in [5.74, 6) is -0.219. The summed E-state index contributed by atoms with van der Waals surface area (Å²) < 4.78 is 43.3. The van der Waals surface area contributed by atoms with Gasteiger partial charge in [0.05, 0.1) is 11.7 Å². The zero-order valence-electron chi connectivity index (χ0n) is 14.6. The molecule has 0 bridgehead atoms. The number of rotatable bonds is 5. The van der Waals surface area contributed by atoms with E-state index in [0.29, 0.717) is 18.2 Å². The van der Waals surface area contributed by atoms with E-state index in [1.54, 1.807) is 6.92 Å². The normalized spacial score (nSPS) is 17.0. The van der Waals surface area contributed by atoms with Crippen molar-refractivity contribution in [2.45, 2.75) is 32.0 Å². The molecule has 144 valence electrons. The molecule has 1 amide bonds. The lowest BCUT2D eigenvalue weighted by molar-refractivity contribution is -0.137. The number of ether oxygens (including phenoxy) is 1. The summed E-state index contributed by atoms with van der Waals surface area (Å²) in [7, 11) is 0. The van der Waals surface area contributed by atoms with Crippen molar-refractivity contribution in [3.05, 3.63) is 47.3 Å². The van der Waals surface area contributed by atoms with Crippen LogP contribution in [0.15, 0.2) is 30.3 Å². The van der Waals surface area contributed by atoms with Crippen molar-refractivity contribution in [3.63, 3.8) is 0 Å². The number of anilines is 2. The minimum absolute atomic E-state index is 0.0959. The number of alkyl halides is 3. The number of aromatic nitrogens is 2. The number of hydrogen-bond acceptors (Lipinski definition) is 5. The van der Waals surface area contributed by atoms with Gasteiger partial charge in [-0.1, -0.05) is 0 Å². The first-order chi connectivity index (χ1) is 12.8. The van der Waals surface area contributed by atoms with E-state index < -0.39 is 17.6 Å². The fourth-order valence-corrected chi connectivity index (χ4v) is 2.71. The minimum atomic E-state index is -4.42. The second-order valence-corrected chi connectivity index (χ2v) is 6.26. The summed E-state index contributed by atoms with van der Waals surface area (Å²) in [6, 6.07) is 5.73. The molecule has 2 heterocycles. The van der Waals surface area contributed by atoms with Gasteiger partial charge < -0.3 is 15.4 Å². The second kappa shape index (κ2) is 7.91. The number of nitrogens with zero attached hydrogens (tertiary/aromatic N) is 2. The molecule has 2 N–H and O–H groups in total. The average Bonchev–Trinajstić information content (AvgIpc) is 3.13. The molecule has 9 heteroatoms. The van der Waals surface area contributed by atoms with Crippen LogP contribution >= 0.6 is 0 Å². The number of carbonyl (C=O) groups excluding carboxylic acids is 1. The van der Waals surface area contributed by atoms with Gasteiger partial charge in [-0.25, -0.2) is 9.97 Å². The van der Waals surface area contributed by atoms with Crippen molar-refractivity contribution >= 4 is 17.5 Å². The van der Waals surface area contributed by atoms with Gasteiger partial charge in [-0.05, 0) is 50.1 Å². The minimum Gasteiger partial charge on any atom is -0.376 e. The smallest absolute Gasteiger partial charge is 0.376 e. The Morgan fingerprint density at radius 1 is 1.26 bits per heavy atom. The molecule has 1 atom stereocenters. The highest BCUT2D eigenvalue weighted by Gasteiger charge is 2.30. The summed E-state index contributed by atoms with van der Waals surface area (Å²) in [6.45, 7) is 3.01. The predicted molar refractivity (Wildman–Crippen MR) is 93.6 cm³/mol. The maximum atomic E-state index is 12.6. The number of aryl methyl sites for hydroxylation is 1. The summed E-state index contributed by atoms with van der Waals surface area (Å²) in [6.07, 6.45) is -2.35. The van der Waals surface area contributed by atoms with Gasteiger partial charge in [0.15, 0.2) is 0 Å². The lowest BCUT2D eigenvalue weighted by atomic mass is 10.2. The van der Waals surface area contributed by atoms with Crippen LogP contribution in [0, 0.1) is 6.92 Å². The first-order valence-corrected chi connectivity index (χ1v) is 8.51. The zero-order chi connectivity index (χ0) is 19.4. The highest BCUT2D eigenvalue weighted by atomic mass is 19.4. The van der Waals surface area contributed by atoms with Crippen LogP contribution in [-0.4, -0.2) is 35.1 Å². The van der Waals surface area contributed by atoms with E-state index in [-0.39, 0.29) is 17.5 Å². The van der Waals surface area contributed by atoms with Gasteiger partial charge in [-0.15, -0.1) is 0 Å². The first kappa shape index (κ1) is 19.1. The van der Waals surface area contributed by atoms with Crippen molar-refractivity contribution in [2.75, 3.05) is 23.8 Å². The van der Waals surface area contributed by atoms with E-state index in [9.17, 15) is 18.0 Å². The molecule has 0 saturated carbocycles. The van der Waals surface area contributed by atoms with E-state index in [4.69, 9.17) is 4.74 Å². The van der Waals surface area contributed by atoms with Crippen molar-refractivity contribution in [3.8, 4) is 0 Å². The summed E-state index contributed by atoms with van der Waals surface area (Å²) in [5.41, 5.74) is 0.187. The zero-order valence-corrected chi connectivity index (χ0v) is 14.6.